The van der Waals surface area contributed by atoms with E-state index in [0.29, 0.717) is 6.04 Å². The highest BCUT2D eigenvalue weighted by atomic mass is 19.1. The van der Waals surface area contributed by atoms with Crippen LogP contribution in [0, 0.1) is 5.82 Å². The summed E-state index contributed by atoms with van der Waals surface area (Å²) in [6.07, 6.45) is 4.80. The van der Waals surface area contributed by atoms with Crippen LogP contribution in [-0.2, 0) is 6.42 Å². The molecule has 0 saturated carbocycles. The number of nitrogens with one attached hydrogen (secondary N) is 1. The van der Waals surface area contributed by atoms with Gasteiger partial charge in [-0.2, -0.15) is 0 Å². The second-order valence-electron chi connectivity index (χ2n) is 5.43. The van der Waals surface area contributed by atoms with Gasteiger partial charge >= 0.3 is 0 Å². The molecule has 1 heterocycles. The van der Waals surface area contributed by atoms with Crippen LogP contribution in [0.1, 0.15) is 37.4 Å². The van der Waals surface area contributed by atoms with Crippen molar-refractivity contribution in [2.45, 2.75) is 38.8 Å². The maximum Gasteiger partial charge on any atom is 0.141 e. The van der Waals surface area contributed by atoms with Crippen molar-refractivity contribution in [2.24, 2.45) is 0 Å². The van der Waals surface area contributed by atoms with E-state index in [0.717, 1.165) is 18.4 Å². The summed E-state index contributed by atoms with van der Waals surface area (Å²) in [4.78, 5) is 3.88. The molecule has 0 aliphatic heterocycles. The van der Waals surface area contributed by atoms with Crippen LogP contribution in [0.2, 0.25) is 0 Å². The summed E-state index contributed by atoms with van der Waals surface area (Å²) in [6, 6.07) is 9.14. The monoisotopic (exact) mass is 288 g/mol. The van der Waals surface area contributed by atoms with Crippen molar-refractivity contribution in [3.05, 3.63) is 59.7 Å². The number of nitrogens with zero attached hydrogens (tertiary/aromatic N) is 1. The number of hydrogen-bond acceptors (Lipinski definition) is 3. The third-order valence-corrected chi connectivity index (χ3v) is 3.56. The highest BCUT2D eigenvalue weighted by molar-refractivity contribution is 5.26. The number of phenols is 1. The van der Waals surface area contributed by atoms with E-state index in [4.69, 9.17) is 0 Å². The summed E-state index contributed by atoms with van der Waals surface area (Å²) in [6.45, 7) is 4.12. The molecule has 0 aliphatic carbocycles. The van der Waals surface area contributed by atoms with Crippen LogP contribution in [0.15, 0.2) is 42.7 Å². The predicted molar refractivity (Wildman–Crippen MR) is 81.6 cm³/mol. The van der Waals surface area contributed by atoms with E-state index >= 15 is 0 Å². The molecule has 0 spiro atoms. The molecule has 1 aromatic heterocycles. The topological polar surface area (TPSA) is 45.1 Å². The Morgan fingerprint density at radius 1 is 1.19 bits per heavy atom. The molecule has 4 heteroatoms. The van der Waals surface area contributed by atoms with Crippen LogP contribution in [-0.4, -0.2) is 16.1 Å². The lowest BCUT2D eigenvalue weighted by atomic mass is 10.0. The van der Waals surface area contributed by atoms with Crippen LogP contribution in [0.3, 0.4) is 0 Å². The first-order valence-corrected chi connectivity index (χ1v) is 7.19. The Morgan fingerprint density at radius 3 is 2.57 bits per heavy atom. The van der Waals surface area contributed by atoms with Crippen LogP contribution in [0.5, 0.6) is 5.75 Å². The Kier molecular flexibility index (Phi) is 5.28. The van der Waals surface area contributed by atoms with Crippen LogP contribution in [0.4, 0.5) is 4.39 Å². The molecule has 3 nitrogen and oxygen atoms in total. The fraction of sp³-hybridized carbons (Fsp3) is 0.353. The van der Waals surface area contributed by atoms with Crippen LogP contribution >= 0.6 is 0 Å². The van der Waals surface area contributed by atoms with Gasteiger partial charge in [0.25, 0.3) is 0 Å². The number of aryl methyl sites for hydroxylation is 1. The molecule has 21 heavy (non-hydrogen) atoms. The zero-order valence-electron chi connectivity index (χ0n) is 12.4. The summed E-state index contributed by atoms with van der Waals surface area (Å²) >= 11 is 0. The number of benzene rings is 1. The third kappa shape index (κ3) is 4.83. The van der Waals surface area contributed by atoms with Gasteiger partial charge in [-0.25, -0.2) is 4.39 Å². The Balaban J connectivity index is 1.83. The fourth-order valence-corrected chi connectivity index (χ4v) is 2.32. The van der Waals surface area contributed by atoms with Gasteiger partial charge in [-0.3, -0.25) is 4.98 Å². The molecule has 112 valence electrons. The predicted octanol–water partition coefficient (Wildman–Crippen LogP) is 3.60. The first-order chi connectivity index (χ1) is 10.0. The van der Waals surface area contributed by atoms with Crippen molar-refractivity contribution in [3.63, 3.8) is 0 Å². The first-order valence-electron chi connectivity index (χ1n) is 7.19. The molecular formula is C17H21FN2O. The zero-order chi connectivity index (χ0) is 15.2. The lowest BCUT2D eigenvalue weighted by molar-refractivity contribution is 0.453. The van der Waals surface area contributed by atoms with Gasteiger partial charge in [-0.05, 0) is 56.0 Å². The van der Waals surface area contributed by atoms with Gasteiger partial charge < -0.3 is 10.4 Å². The molecule has 0 aliphatic rings. The van der Waals surface area contributed by atoms with E-state index in [9.17, 15) is 9.50 Å². The van der Waals surface area contributed by atoms with E-state index < -0.39 is 0 Å². The molecular weight excluding hydrogens is 267 g/mol. The molecule has 0 fully saturated rings. The quantitative estimate of drug-likeness (QED) is 0.853. The number of halogens is 1. The number of aromatic nitrogens is 1. The van der Waals surface area contributed by atoms with E-state index in [-0.39, 0.29) is 17.6 Å². The minimum absolute atomic E-state index is 0.0583. The van der Waals surface area contributed by atoms with Gasteiger partial charge in [0, 0.05) is 18.3 Å². The first kappa shape index (κ1) is 15.4. The smallest absolute Gasteiger partial charge is 0.141 e. The maximum absolute atomic E-state index is 13.2. The molecule has 2 unspecified atom stereocenters. The number of phenolic OH excluding ortho intramolecular Hbond substituents is 1. The summed E-state index contributed by atoms with van der Waals surface area (Å²) < 4.78 is 13.2. The van der Waals surface area contributed by atoms with Crippen molar-refractivity contribution in [1.82, 2.24) is 10.3 Å². The van der Waals surface area contributed by atoms with Gasteiger partial charge in [0.1, 0.15) is 11.6 Å². The minimum atomic E-state index is -0.308. The minimum Gasteiger partial charge on any atom is -0.508 e. The molecule has 2 N–H and O–H groups in total. The van der Waals surface area contributed by atoms with Crippen molar-refractivity contribution >= 4 is 0 Å². The van der Waals surface area contributed by atoms with E-state index in [2.05, 4.69) is 17.2 Å². The molecule has 0 saturated heterocycles. The van der Waals surface area contributed by atoms with Gasteiger partial charge in [-0.15, -0.1) is 0 Å². The van der Waals surface area contributed by atoms with Gasteiger partial charge in [0.15, 0.2) is 0 Å². The largest absolute Gasteiger partial charge is 0.508 e. The summed E-state index contributed by atoms with van der Waals surface area (Å²) in [7, 11) is 0. The van der Waals surface area contributed by atoms with E-state index in [1.54, 1.807) is 18.3 Å². The lowest BCUT2D eigenvalue weighted by Gasteiger charge is -2.20. The number of pyridine rings is 1. The van der Waals surface area contributed by atoms with Crippen LogP contribution in [0.25, 0.3) is 0 Å². The van der Waals surface area contributed by atoms with Crippen molar-refractivity contribution < 1.29 is 9.50 Å². The van der Waals surface area contributed by atoms with Crippen molar-refractivity contribution in [1.29, 1.82) is 0 Å². The number of hydrogen-bond donors (Lipinski definition) is 2. The molecule has 0 bridgehead atoms. The van der Waals surface area contributed by atoms with Gasteiger partial charge in [-0.1, -0.05) is 12.1 Å². The van der Waals surface area contributed by atoms with Gasteiger partial charge in [0.05, 0.1) is 6.20 Å². The average molecular weight is 288 g/mol. The summed E-state index contributed by atoms with van der Waals surface area (Å²) in [5, 5.41) is 12.7. The summed E-state index contributed by atoms with van der Waals surface area (Å²) in [5.74, 6) is -0.0185. The van der Waals surface area contributed by atoms with E-state index in [1.165, 1.54) is 17.8 Å². The van der Waals surface area contributed by atoms with Crippen LogP contribution < -0.4 is 5.32 Å². The normalized spacial score (nSPS) is 13.9. The zero-order valence-corrected chi connectivity index (χ0v) is 12.4. The number of aromatic hydroxyl groups is 1. The lowest BCUT2D eigenvalue weighted by Crippen LogP contribution is -2.29. The second kappa shape index (κ2) is 7.18. The number of rotatable bonds is 6. The Morgan fingerprint density at radius 2 is 1.90 bits per heavy atom. The molecule has 1 aromatic carbocycles. The molecule has 2 aromatic rings. The maximum atomic E-state index is 13.2. The second-order valence-corrected chi connectivity index (χ2v) is 5.43. The molecule has 2 atom stereocenters. The highest BCUT2D eigenvalue weighted by Crippen LogP contribution is 2.15. The SMILES string of the molecule is CC(CCc1ccc(O)cc1)NC(C)c1cncc(F)c1. The Labute approximate surface area is 124 Å². The average Bonchev–Trinajstić information content (AvgIpc) is 2.46. The van der Waals surface area contributed by atoms with Crippen molar-refractivity contribution in [3.8, 4) is 5.75 Å². The standard InChI is InChI=1S/C17H21FN2O/c1-12(3-4-14-5-7-17(21)8-6-14)20-13(2)15-9-16(18)11-19-10-15/h5-13,20-21H,3-4H2,1-2H3. The third-order valence-electron chi connectivity index (χ3n) is 3.56. The highest BCUT2D eigenvalue weighted by Gasteiger charge is 2.10. The summed E-state index contributed by atoms with van der Waals surface area (Å²) in [5.41, 5.74) is 2.05. The van der Waals surface area contributed by atoms with E-state index in [1.807, 2.05) is 19.1 Å². The Hall–Kier alpha value is -1.94. The fourth-order valence-electron chi connectivity index (χ4n) is 2.32. The molecule has 0 amide bonds. The van der Waals surface area contributed by atoms with Gasteiger partial charge in [0.2, 0.25) is 0 Å². The Bertz CT molecular complexity index is 571. The van der Waals surface area contributed by atoms with Crippen molar-refractivity contribution in [2.75, 3.05) is 0 Å². The molecule has 0 radical (unpaired) electrons. The molecule has 2 rings (SSSR count).